The summed E-state index contributed by atoms with van der Waals surface area (Å²) < 4.78 is 0. The number of hydrogen-bond donors (Lipinski definition) is 0. The van der Waals surface area contributed by atoms with E-state index in [1.807, 2.05) is 0 Å². The molecule has 13 heavy (non-hydrogen) atoms. The highest BCUT2D eigenvalue weighted by Gasteiger charge is 2.18. The van der Waals surface area contributed by atoms with Crippen molar-refractivity contribution in [3.8, 4) is 0 Å². The van der Waals surface area contributed by atoms with Gasteiger partial charge in [-0.2, -0.15) is 0 Å². The molecule has 0 saturated heterocycles. The summed E-state index contributed by atoms with van der Waals surface area (Å²) in [6.45, 7) is 2.26. The van der Waals surface area contributed by atoms with Gasteiger partial charge < -0.3 is 0 Å². The van der Waals surface area contributed by atoms with E-state index in [1.54, 1.807) is 6.08 Å². The van der Waals surface area contributed by atoms with Gasteiger partial charge in [-0.25, -0.2) is 0 Å². The quantitative estimate of drug-likeness (QED) is 0.479. The Hall–Kier alpha value is -0.590. The van der Waals surface area contributed by atoms with Crippen LogP contribution in [0.25, 0.3) is 0 Å². The number of carbonyl (C=O) groups excluding carboxylic acids is 1. The number of aldehydes is 1. The zero-order chi connectivity index (χ0) is 9.52. The van der Waals surface area contributed by atoms with Gasteiger partial charge in [-0.1, -0.05) is 25.8 Å². The Bertz CT molecular complexity index is 164. The first-order valence-electron chi connectivity index (χ1n) is 5.48. The minimum atomic E-state index is 0.679. The molecule has 0 aromatic rings. The van der Waals surface area contributed by atoms with Crippen LogP contribution in [0.4, 0.5) is 0 Å². The smallest absolute Gasteiger partial charge is 0.142 e. The van der Waals surface area contributed by atoms with Crippen LogP contribution in [0.3, 0.4) is 0 Å². The van der Waals surface area contributed by atoms with E-state index < -0.39 is 0 Å². The summed E-state index contributed by atoms with van der Waals surface area (Å²) in [5.41, 5.74) is 0. The lowest BCUT2D eigenvalue weighted by atomic mass is 9.80. The van der Waals surface area contributed by atoms with Crippen LogP contribution in [0, 0.1) is 11.8 Å². The van der Waals surface area contributed by atoms with E-state index in [2.05, 4.69) is 13.0 Å². The molecule has 1 nitrogen and oxygen atoms in total. The predicted octanol–water partition coefficient (Wildman–Crippen LogP) is 3.35. The third-order valence-electron chi connectivity index (χ3n) is 3.05. The van der Waals surface area contributed by atoms with E-state index in [4.69, 9.17) is 0 Å². The van der Waals surface area contributed by atoms with E-state index >= 15 is 0 Å². The Kier molecular flexibility index (Phi) is 4.81. The summed E-state index contributed by atoms with van der Waals surface area (Å²) in [5.74, 6) is 1.64. The summed E-state index contributed by atoms with van der Waals surface area (Å²) in [5, 5.41) is 0. The van der Waals surface area contributed by atoms with Gasteiger partial charge in [-0.15, -0.1) is 0 Å². The Morgan fingerprint density at radius 1 is 1.23 bits per heavy atom. The van der Waals surface area contributed by atoms with Crippen molar-refractivity contribution in [3.63, 3.8) is 0 Å². The van der Waals surface area contributed by atoms with E-state index in [-0.39, 0.29) is 0 Å². The van der Waals surface area contributed by atoms with Crippen molar-refractivity contribution in [1.29, 1.82) is 0 Å². The zero-order valence-corrected chi connectivity index (χ0v) is 8.54. The van der Waals surface area contributed by atoms with Crippen molar-refractivity contribution in [1.82, 2.24) is 0 Å². The highest BCUT2D eigenvalue weighted by atomic mass is 16.1. The van der Waals surface area contributed by atoms with Crippen LogP contribution in [0.2, 0.25) is 0 Å². The van der Waals surface area contributed by atoms with Gasteiger partial charge in [0.1, 0.15) is 6.29 Å². The molecule has 1 aliphatic rings. The number of allylic oxidation sites excluding steroid dienone is 2. The molecule has 1 saturated carbocycles. The second kappa shape index (κ2) is 5.95. The van der Waals surface area contributed by atoms with E-state index in [0.29, 0.717) is 5.92 Å². The summed E-state index contributed by atoms with van der Waals surface area (Å²) in [6, 6.07) is 0. The van der Waals surface area contributed by atoms with Crippen LogP contribution in [-0.4, -0.2) is 6.29 Å². The van der Waals surface area contributed by atoms with Crippen molar-refractivity contribution in [3.05, 3.63) is 12.2 Å². The van der Waals surface area contributed by atoms with Crippen LogP contribution in [0.5, 0.6) is 0 Å². The lowest BCUT2D eigenvalue weighted by Crippen LogP contribution is -2.12. The van der Waals surface area contributed by atoms with Gasteiger partial charge in [0.05, 0.1) is 0 Å². The summed E-state index contributed by atoms with van der Waals surface area (Å²) in [6.07, 6.45) is 12.6. The first kappa shape index (κ1) is 10.5. The minimum Gasteiger partial charge on any atom is -0.299 e. The largest absolute Gasteiger partial charge is 0.299 e. The van der Waals surface area contributed by atoms with Gasteiger partial charge in [0.2, 0.25) is 0 Å². The summed E-state index contributed by atoms with van der Waals surface area (Å²) in [7, 11) is 0. The monoisotopic (exact) mass is 180 g/mol. The Balaban J connectivity index is 2.22. The van der Waals surface area contributed by atoms with E-state index in [1.165, 1.54) is 38.5 Å². The summed E-state index contributed by atoms with van der Waals surface area (Å²) in [4.78, 5) is 10.1. The number of rotatable bonds is 4. The van der Waals surface area contributed by atoms with Crippen molar-refractivity contribution >= 4 is 6.29 Å². The molecule has 0 spiro atoms. The lowest BCUT2D eigenvalue weighted by molar-refractivity contribution is -0.104. The van der Waals surface area contributed by atoms with Crippen LogP contribution in [-0.2, 0) is 4.79 Å². The fourth-order valence-corrected chi connectivity index (χ4v) is 2.28. The highest BCUT2D eigenvalue weighted by Crippen LogP contribution is 2.31. The molecule has 0 aromatic carbocycles. The molecule has 74 valence electrons. The molecule has 0 radical (unpaired) electrons. The van der Waals surface area contributed by atoms with E-state index in [0.717, 1.165) is 12.2 Å². The van der Waals surface area contributed by atoms with Gasteiger partial charge in [0.15, 0.2) is 0 Å². The van der Waals surface area contributed by atoms with Crippen LogP contribution >= 0.6 is 0 Å². The van der Waals surface area contributed by atoms with Crippen LogP contribution in [0.15, 0.2) is 12.2 Å². The Morgan fingerprint density at radius 3 is 2.46 bits per heavy atom. The molecule has 0 bridgehead atoms. The molecule has 0 aromatic heterocycles. The van der Waals surface area contributed by atoms with Gasteiger partial charge in [0, 0.05) is 0 Å². The maximum Gasteiger partial charge on any atom is 0.142 e. The number of carbonyl (C=O) groups is 1. The van der Waals surface area contributed by atoms with Gasteiger partial charge in [-0.05, 0) is 43.6 Å². The predicted molar refractivity (Wildman–Crippen MR) is 55.6 cm³/mol. The second-order valence-electron chi connectivity index (χ2n) is 4.09. The molecule has 1 rings (SSSR count). The third kappa shape index (κ3) is 3.75. The second-order valence-corrected chi connectivity index (χ2v) is 4.09. The molecule has 0 N–H and O–H groups in total. The van der Waals surface area contributed by atoms with Crippen molar-refractivity contribution in [2.75, 3.05) is 0 Å². The molecule has 1 heteroatoms. The fraction of sp³-hybridized carbons (Fsp3) is 0.750. The van der Waals surface area contributed by atoms with Gasteiger partial charge in [0.25, 0.3) is 0 Å². The van der Waals surface area contributed by atoms with Crippen molar-refractivity contribution in [2.45, 2.75) is 45.4 Å². The molecule has 0 amide bonds. The zero-order valence-electron chi connectivity index (χ0n) is 8.54. The third-order valence-corrected chi connectivity index (χ3v) is 3.05. The summed E-state index contributed by atoms with van der Waals surface area (Å²) >= 11 is 0. The molecule has 0 atom stereocenters. The fourth-order valence-electron chi connectivity index (χ4n) is 2.28. The van der Waals surface area contributed by atoms with Gasteiger partial charge >= 0.3 is 0 Å². The number of hydrogen-bond acceptors (Lipinski definition) is 1. The van der Waals surface area contributed by atoms with Crippen molar-refractivity contribution in [2.24, 2.45) is 11.8 Å². The lowest BCUT2D eigenvalue weighted by Gasteiger charge is -2.26. The van der Waals surface area contributed by atoms with Crippen molar-refractivity contribution < 1.29 is 4.79 Å². The molecular weight excluding hydrogens is 160 g/mol. The average molecular weight is 180 g/mol. The SMILES string of the molecule is CCCC1CCC(C=CC=O)CC1. The molecule has 0 unspecified atom stereocenters. The van der Waals surface area contributed by atoms with E-state index in [9.17, 15) is 4.79 Å². The maximum atomic E-state index is 10.1. The average Bonchev–Trinajstić information content (AvgIpc) is 2.17. The molecule has 1 aliphatic carbocycles. The first-order valence-corrected chi connectivity index (χ1v) is 5.48. The van der Waals surface area contributed by atoms with Crippen LogP contribution < -0.4 is 0 Å². The topological polar surface area (TPSA) is 17.1 Å². The molecule has 0 heterocycles. The Labute approximate surface area is 81.2 Å². The maximum absolute atomic E-state index is 10.1. The normalized spacial score (nSPS) is 29.3. The Morgan fingerprint density at radius 2 is 1.92 bits per heavy atom. The minimum absolute atomic E-state index is 0.679. The molecule has 1 fully saturated rings. The first-order chi connectivity index (χ1) is 6.36. The van der Waals surface area contributed by atoms with Crippen LogP contribution in [0.1, 0.15) is 45.4 Å². The highest BCUT2D eigenvalue weighted by molar-refractivity contribution is 5.64. The van der Waals surface area contributed by atoms with Gasteiger partial charge in [-0.3, -0.25) is 4.79 Å². The standard InChI is InChI=1S/C12H20O/c1-2-4-11-6-8-12(9-7-11)5-3-10-13/h3,5,10-12H,2,4,6-9H2,1H3. The molecule has 0 aliphatic heterocycles. The molecular formula is C12H20O.